The van der Waals surface area contributed by atoms with Gasteiger partial charge in [-0.1, -0.05) is 61.5 Å². The fourth-order valence-electron chi connectivity index (χ4n) is 3.48. The summed E-state index contributed by atoms with van der Waals surface area (Å²) in [7, 11) is 0. The molecule has 0 radical (unpaired) electrons. The van der Waals surface area contributed by atoms with Gasteiger partial charge in [0.15, 0.2) is 11.5 Å². The number of hydrogen-bond acceptors (Lipinski definition) is 5. The third-order valence-corrected chi connectivity index (χ3v) is 5.44. The molecule has 4 aromatic rings. The Kier molecular flexibility index (Phi) is 8.22. The van der Waals surface area contributed by atoms with Crippen molar-refractivity contribution in [3.05, 3.63) is 89.1 Å². The monoisotopic (exact) mass is 497 g/mol. The lowest BCUT2D eigenvalue weighted by Crippen LogP contribution is -2.50. The number of hydrogen-bond donors (Lipinski definition) is 2. The Morgan fingerprint density at radius 1 is 1.17 bits per heavy atom. The zero-order valence-corrected chi connectivity index (χ0v) is 19.6. The van der Waals surface area contributed by atoms with E-state index in [2.05, 4.69) is 15.5 Å². The van der Waals surface area contributed by atoms with Gasteiger partial charge in [-0.3, -0.25) is 9.20 Å². The van der Waals surface area contributed by atoms with Crippen molar-refractivity contribution in [3.63, 3.8) is 0 Å². The van der Waals surface area contributed by atoms with E-state index in [9.17, 15) is 9.18 Å². The molecular weight excluding hydrogens is 469 g/mol. The molecule has 2 heterocycles. The smallest absolute Gasteiger partial charge is 0.240 e. The second-order valence-electron chi connectivity index (χ2n) is 8.58. The van der Waals surface area contributed by atoms with Gasteiger partial charge in [0, 0.05) is 11.8 Å². The van der Waals surface area contributed by atoms with Gasteiger partial charge in [-0.05, 0) is 43.2 Å². The van der Waals surface area contributed by atoms with Crippen LogP contribution in [0.2, 0.25) is 5.02 Å². The molecule has 0 saturated heterocycles. The van der Waals surface area contributed by atoms with Crippen molar-refractivity contribution in [2.24, 2.45) is 5.73 Å². The lowest BCUT2D eigenvalue weighted by molar-refractivity contribution is -0.126. The maximum atomic E-state index is 13.9. The van der Waals surface area contributed by atoms with E-state index in [1.807, 2.05) is 30.3 Å². The molecule has 0 bridgehead atoms. The van der Waals surface area contributed by atoms with Crippen LogP contribution in [0.1, 0.15) is 38.7 Å². The summed E-state index contributed by atoms with van der Waals surface area (Å²) >= 11 is 6.40. The highest BCUT2D eigenvalue weighted by molar-refractivity contribution is 6.30. The van der Waals surface area contributed by atoms with Crippen molar-refractivity contribution >= 4 is 23.2 Å². The van der Waals surface area contributed by atoms with Gasteiger partial charge < -0.3 is 15.8 Å². The zero-order chi connectivity index (χ0) is 24.3. The van der Waals surface area contributed by atoms with E-state index >= 15 is 0 Å². The molecule has 2 aromatic carbocycles. The number of aromatic nitrogens is 3. The van der Waals surface area contributed by atoms with Gasteiger partial charge in [-0.25, -0.2) is 4.39 Å². The van der Waals surface area contributed by atoms with Crippen molar-refractivity contribution in [1.82, 2.24) is 19.9 Å². The standard InChI is InChI=1S/C25H25ClFN5O2.CH4/c1-25(2,28)24(33)29-21(15-34-14-16-7-4-3-5-8-16)23-31-30-22-20(12-18(26)13-32(22)23)17-9-6-10-19(27)11-17;/h3-13,21H,14-15,28H2,1-2H3,(H,29,33);1H4/t21-;/m1./s1. The SMILES string of the molecule is C.CC(C)(N)C(=O)N[C@H](COCc1ccccc1)c1nnc2c(-c3cccc(F)c3)cc(Cl)cn12. The molecule has 0 aliphatic heterocycles. The van der Waals surface area contributed by atoms with Crippen LogP contribution in [-0.2, 0) is 16.1 Å². The van der Waals surface area contributed by atoms with Crippen LogP contribution < -0.4 is 11.1 Å². The molecule has 3 N–H and O–H groups in total. The van der Waals surface area contributed by atoms with E-state index in [4.69, 9.17) is 22.1 Å². The Morgan fingerprint density at radius 3 is 2.60 bits per heavy atom. The number of amides is 1. The maximum absolute atomic E-state index is 13.9. The Hall–Kier alpha value is -3.33. The molecule has 0 spiro atoms. The number of nitrogens with zero attached hydrogens (tertiary/aromatic N) is 3. The number of rotatable bonds is 8. The van der Waals surface area contributed by atoms with Crippen molar-refractivity contribution in [3.8, 4) is 11.1 Å². The van der Waals surface area contributed by atoms with Crippen LogP contribution in [0.3, 0.4) is 0 Å². The highest BCUT2D eigenvalue weighted by Gasteiger charge is 2.28. The number of pyridine rings is 1. The summed E-state index contributed by atoms with van der Waals surface area (Å²) in [5, 5.41) is 12.0. The first-order chi connectivity index (χ1) is 16.2. The molecule has 0 aliphatic carbocycles. The average Bonchev–Trinajstić information content (AvgIpc) is 3.21. The Bertz CT molecular complexity index is 1300. The lowest BCUT2D eigenvalue weighted by Gasteiger charge is -2.23. The molecule has 0 unspecified atom stereocenters. The van der Waals surface area contributed by atoms with E-state index in [0.717, 1.165) is 5.56 Å². The van der Waals surface area contributed by atoms with Crippen LogP contribution >= 0.6 is 11.6 Å². The quantitative estimate of drug-likeness (QED) is 0.359. The van der Waals surface area contributed by atoms with Crippen LogP contribution in [-0.4, -0.2) is 32.7 Å². The summed E-state index contributed by atoms with van der Waals surface area (Å²) in [5.41, 5.74) is 7.57. The minimum Gasteiger partial charge on any atom is -0.374 e. The van der Waals surface area contributed by atoms with Crippen LogP contribution in [0.25, 0.3) is 16.8 Å². The van der Waals surface area contributed by atoms with Crippen LogP contribution in [0.4, 0.5) is 4.39 Å². The summed E-state index contributed by atoms with van der Waals surface area (Å²) in [6, 6.07) is 16.9. The molecule has 9 heteroatoms. The third-order valence-electron chi connectivity index (χ3n) is 5.23. The summed E-state index contributed by atoms with van der Waals surface area (Å²) < 4.78 is 21.5. The maximum Gasteiger partial charge on any atom is 0.240 e. The van der Waals surface area contributed by atoms with Crippen LogP contribution in [0, 0.1) is 5.82 Å². The van der Waals surface area contributed by atoms with E-state index in [1.54, 1.807) is 42.6 Å². The number of halogens is 2. The summed E-state index contributed by atoms with van der Waals surface area (Å²) in [4.78, 5) is 12.7. The number of carbonyl (C=O) groups is 1. The Labute approximate surface area is 209 Å². The number of carbonyl (C=O) groups excluding carboxylic acids is 1. The number of fused-ring (bicyclic) bond motifs is 1. The van der Waals surface area contributed by atoms with Crippen molar-refractivity contribution in [2.45, 2.75) is 39.5 Å². The molecule has 1 amide bonds. The Morgan fingerprint density at radius 2 is 1.91 bits per heavy atom. The molecule has 0 aliphatic rings. The molecular formula is C26H29ClFN5O2. The van der Waals surface area contributed by atoms with Crippen LogP contribution in [0.15, 0.2) is 66.9 Å². The zero-order valence-electron chi connectivity index (χ0n) is 18.8. The highest BCUT2D eigenvalue weighted by atomic mass is 35.5. The summed E-state index contributed by atoms with van der Waals surface area (Å²) in [6.07, 6.45) is 1.65. The second-order valence-corrected chi connectivity index (χ2v) is 9.02. The van der Waals surface area contributed by atoms with E-state index in [1.165, 1.54) is 12.1 Å². The number of ether oxygens (including phenoxy) is 1. The normalized spacial score (nSPS) is 12.3. The molecule has 2 aromatic heterocycles. The summed E-state index contributed by atoms with van der Waals surface area (Å²) in [6.45, 7) is 3.71. The third kappa shape index (κ3) is 6.22. The molecule has 35 heavy (non-hydrogen) atoms. The molecule has 7 nitrogen and oxygen atoms in total. The van der Waals surface area contributed by atoms with Gasteiger partial charge in [-0.2, -0.15) is 0 Å². The van der Waals surface area contributed by atoms with Gasteiger partial charge in [0.05, 0.1) is 23.8 Å². The topological polar surface area (TPSA) is 94.5 Å². The summed E-state index contributed by atoms with van der Waals surface area (Å²) in [5.74, 6) is -0.328. The predicted octanol–water partition coefficient (Wildman–Crippen LogP) is 4.94. The molecule has 0 saturated carbocycles. The fourth-order valence-corrected chi connectivity index (χ4v) is 3.68. The highest BCUT2D eigenvalue weighted by Crippen LogP contribution is 2.29. The molecule has 184 valence electrons. The van der Waals surface area contributed by atoms with Gasteiger partial charge in [0.1, 0.15) is 11.9 Å². The van der Waals surface area contributed by atoms with E-state index in [-0.39, 0.29) is 25.8 Å². The molecule has 0 fully saturated rings. The lowest BCUT2D eigenvalue weighted by atomic mass is 10.1. The first-order valence-electron chi connectivity index (χ1n) is 10.7. The van der Waals surface area contributed by atoms with Crippen molar-refractivity contribution in [2.75, 3.05) is 6.61 Å². The first kappa shape index (κ1) is 26.3. The minimum atomic E-state index is -1.11. The first-order valence-corrected chi connectivity index (χ1v) is 11.1. The van der Waals surface area contributed by atoms with Gasteiger partial charge in [0.2, 0.25) is 5.91 Å². The predicted molar refractivity (Wildman–Crippen MR) is 135 cm³/mol. The van der Waals surface area contributed by atoms with E-state index in [0.29, 0.717) is 34.2 Å². The Balaban J connectivity index is 0.00000342. The van der Waals surface area contributed by atoms with Crippen molar-refractivity contribution < 1.29 is 13.9 Å². The minimum absolute atomic E-state index is 0. The van der Waals surface area contributed by atoms with Gasteiger partial charge >= 0.3 is 0 Å². The number of benzene rings is 2. The fraction of sp³-hybridized carbons (Fsp3) is 0.269. The van der Waals surface area contributed by atoms with Gasteiger partial charge in [-0.15, -0.1) is 10.2 Å². The average molecular weight is 498 g/mol. The van der Waals surface area contributed by atoms with Gasteiger partial charge in [0.25, 0.3) is 0 Å². The number of nitrogens with two attached hydrogens (primary N) is 1. The largest absolute Gasteiger partial charge is 0.374 e. The molecule has 4 rings (SSSR count). The second kappa shape index (κ2) is 10.9. The van der Waals surface area contributed by atoms with Crippen molar-refractivity contribution in [1.29, 1.82) is 0 Å². The number of nitrogens with one attached hydrogen (secondary N) is 1. The van der Waals surface area contributed by atoms with Crippen LogP contribution in [0.5, 0.6) is 0 Å². The van der Waals surface area contributed by atoms with E-state index < -0.39 is 11.6 Å². The molecule has 1 atom stereocenters.